The standard InChI is InChI=1S/C11H16N2O5.CO/c1-11(12,18-13-8-14)7-16-10-4-2-9(3-5-10)6-17-15;1-2/h2-5,8,15H,6-7,12H2,1H3,(H,13,14);. The summed E-state index contributed by atoms with van der Waals surface area (Å²) in [5.74, 6) is 0.586. The summed E-state index contributed by atoms with van der Waals surface area (Å²) in [6.07, 6.45) is 0.384. The molecule has 0 spiro atoms. The van der Waals surface area contributed by atoms with Gasteiger partial charge in [-0.05, 0) is 24.6 Å². The van der Waals surface area contributed by atoms with Crippen molar-refractivity contribution >= 4 is 6.41 Å². The normalized spacial score (nSPS) is 12.4. The Morgan fingerprint density at radius 1 is 1.45 bits per heavy atom. The van der Waals surface area contributed by atoms with E-state index in [2.05, 4.69) is 11.5 Å². The molecule has 1 atom stereocenters. The number of rotatable bonds is 8. The average molecular weight is 284 g/mol. The molecule has 0 aliphatic heterocycles. The molecule has 8 nitrogen and oxygen atoms in total. The van der Waals surface area contributed by atoms with E-state index in [4.69, 9.17) is 25.2 Å². The minimum atomic E-state index is -1.13. The number of amides is 1. The van der Waals surface area contributed by atoms with E-state index in [1.807, 2.05) is 5.48 Å². The number of nitrogens with two attached hydrogens (primary N) is 1. The summed E-state index contributed by atoms with van der Waals surface area (Å²) >= 11 is 0. The minimum absolute atomic E-state index is 0.0592. The van der Waals surface area contributed by atoms with Crippen molar-refractivity contribution < 1.29 is 29.2 Å². The third kappa shape index (κ3) is 7.49. The summed E-state index contributed by atoms with van der Waals surface area (Å²) in [6.45, 7) is 6.24. The summed E-state index contributed by atoms with van der Waals surface area (Å²) in [5, 5.41) is 8.28. The van der Waals surface area contributed by atoms with Crippen LogP contribution in [0.15, 0.2) is 24.3 Å². The molecule has 0 aromatic heterocycles. The molecule has 0 saturated heterocycles. The zero-order valence-corrected chi connectivity index (χ0v) is 10.9. The fourth-order valence-corrected chi connectivity index (χ4v) is 1.17. The summed E-state index contributed by atoms with van der Waals surface area (Å²) in [5.41, 5.74) is 7.40. The fourth-order valence-electron chi connectivity index (χ4n) is 1.17. The second-order valence-corrected chi connectivity index (χ2v) is 3.86. The van der Waals surface area contributed by atoms with E-state index in [1.165, 1.54) is 0 Å². The first kappa shape index (κ1) is 18.1. The molecule has 4 N–H and O–H groups in total. The molecule has 8 heteroatoms. The second-order valence-electron chi connectivity index (χ2n) is 3.86. The van der Waals surface area contributed by atoms with E-state index in [1.54, 1.807) is 31.2 Å². The van der Waals surface area contributed by atoms with Crippen molar-refractivity contribution in [1.29, 1.82) is 0 Å². The van der Waals surface area contributed by atoms with E-state index >= 15 is 0 Å². The van der Waals surface area contributed by atoms with Crippen molar-refractivity contribution in [3.8, 4) is 5.75 Å². The van der Waals surface area contributed by atoms with Gasteiger partial charge in [0.2, 0.25) is 6.41 Å². The molecule has 0 saturated carbocycles. The Hall–Kier alpha value is -1.93. The number of nitrogens with one attached hydrogen (secondary N) is 1. The van der Waals surface area contributed by atoms with Crippen molar-refractivity contribution in [3.63, 3.8) is 0 Å². The molecule has 1 amide bonds. The first-order valence-corrected chi connectivity index (χ1v) is 5.42. The Morgan fingerprint density at radius 2 is 2.05 bits per heavy atom. The van der Waals surface area contributed by atoms with E-state index in [0.29, 0.717) is 12.2 Å². The molecule has 1 rings (SSSR count). The first-order chi connectivity index (χ1) is 9.57. The zero-order valence-electron chi connectivity index (χ0n) is 10.9. The first-order valence-electron chi connectivity index (χ1n) is 5.42. The second kappa shape index (κ2) is 9.93. The number of carbonyl (C=O) groups is 1. The van der Waals surface area contributed by atoms with Crippen LogP contribution >= 0.6 is 0 Å². The molecule has 0 aliphatic rings. The third-order valence-electron chi connectivity index (χ3n) is 2.02. The van der Waals surface area contributed by atoms with Gasteiger partial charge in [0.15, 0.2) is 5.72 Å². The van der Waals surface area contributed by atoms with Gasteiger partial charge in [-0.2, -0.15) is 0 Å². The topological polar surface area (TPSA) is 123 Å². The van der Waals surface area contributed by atoms with Gasteiger partial charge in [-0.1, -0.05) is 12.1 Å². The van der Waals surface area contributed by atoms with Crippen molar-refractivity contribution in [1.82, 2.24) is 5.48 Å². The molecule has 110 valence electrons. The maximum atomic E-state index is 10.1. The predicted octanol–water partition coefficient (Wildman–Crippen LogP) is 0.370. The van der Waals surface area contributed by atoms with Crippen molar-refractivity contribution in [2.75, 3.05) is 6.61 Å². The SMILES string of the molecule is CC(N)(COc1ccc(COO)cc1)ONC=O.[C-]#[O+]. The van der Waals surface area contributed by atoms with Gasteiger partial charge in [-0.15, -0.1) is 0 Å². The monoisotopic (exact) mass is 284 g/mol. The molecule has 0 radical (unpaired) electrons. The van der Waals surface area contributed by atoms with Gasteiger partial charge >= 0.3 is 11.3 Å². The number of ether oxygens (including phenoxy) is 1. The van der Waals surface area contributed by atoms with Crippen LogP contribution in [0.25, 0.3) is 0 Å². The molecule has 0 bridgehead atoms. The third-order valence-corrected chi connectivity index (χ3v) is 2.02. The Morgan fingerprint density at radius 3 is 2.55 bits per heavy atom. The van der Waals surface area contributed by atoms with Crippen LogP contribution < -0.4 is 16.0 Å². The van der Waals surface area contributed by atoms with Gasteiger partial charge in [0, 0.05) is 0 Å². The van der Waals surface area contributed by atoms with Gasteiger partial charge in [-0.25, -0.2) is 15.2 Å². The number of carbonyl (C=O) groups excluding carboxylic acids is 1. The summed E-state index contributed by atoms with van der Waals surface area (Å²) in [6, 6.07) is 6.89. The number of benzene rings is 1. The quantitative estimate of drug-likeness (QED) is 0.158. The number of hydroxylamine groups is 1. The van der Waals surface area contributed by atoms with Crippen LogP contribution in [0.2, 0.25) is 0 Å². The molecule has 1 unspecified atom stereocenters. The summed E-state index contributed by atoms with van der Waals surface area (Å²) in [7, 11) is 0. The van der Waals surface area contributed by atoms with Crippen molar-refractivity contribution in [2.24, 2.45) is 5.73 Å². The summed E-state index contributed by atoms with van der Waals surface area (Å²) in [4.78, 5) is 18.9. The average Bonchev–Trinajstić information content (AvgIpc) is 2.47. The maximum absolute atomic E-state index is 10.1. The molecule has 0 aliphatic carbocycles. The van der Waals surface area contributed by atoms with Crippen LogP contribution in [0, 0.1) is 6.65 Å². The van der Waals surface area contributed by atoms with E-state index in [9.17, 15) is 4.79 Å². The predicted molar refractivity (Wildman–Crippen MR) is 66.2 cm³/mol. The van der Waals surface area contributed by atoms with Crippen LogP contribution in [0.5, 0.6) is 5.75 Å². The summed E-state index contributed by atoms with van der Waals surface area (Å²) < 4.78 is 12.9. The van der Waals surface area contributed by atoms with Gasteiger partial charge in [0.25, 0.3) is 0 Å². The van der Waals surface area contributed by atoms with Gasteiger partial charge < -0.3 is 4.74 Å². The van der Waals surface area contributed by atoms with Gasteiger partial charge in [0.05, 0.1) is 0 Å². The molecule has 1 aromatic rings. The van der Waals surface area contributed by atoms with Crippen molar-refractivity contribution in [3.05, 3.63) is 36.5 Å². The Balaban J connectivity index is 0.00000172. The number of hydrogen-bond acceptors (Lipinski definition) is 6. The van der Waals surface area contributed by atoms with Gasteiger partial charge in [-0.3, -0.25) is 15.8 Å². The van der Waals surface area contributed by atoms with E-state index < -0.39 is 5.72 Å². The van der Waals surface area contributed by atoms with E-state index in [-0.39, 0.29) is 13.2 Å². The van der Waals surface area contributed by atoms with E-state index in [0.717, 1.165) is 5.56 Å². The molecule has 1 aromatic carbocycles. The molecule has 0 fully saturated rings. The Kier molecular flexibility index (Phi) is 8.97. The molecule has 0 heterocycles. The Labute approximate surface area is 116 Å². The molecular formula is C12H16N2O6. The van der Waals surface area contributed by atoms with Crippen LogP contribution in [0.4, 0.5) is 0 Å². The molecular weight excluding hydrogens is 268 g/mol. The fraction of sp³-hybridized carbons (Fsp3) is 0.333. The zero-order chi connectivity index (χ0) is 15.4. The van der Waals surface area contributed by atoms with Crippen LogP contribution in [-0.4, -0.2) is 24.0 Å². The Bertz CT molecular complexity index is 404. The molecule has 20 heavy (non-hydrogen) atoms. The van der Waals surface area contributed by atoms with Crippen LogP contribution in [0.3, 0.4) is 0 Å². The van der Waals surface area contributed by atoms with Crippen molar-refractivity contribution in [2.45, 2.75) is 19.3 Å². The van der Waals surface area contributed by atoms with Crippen LogP contribution in [0.1, 0.15) is 12.5 Å². The van der Waals surface area contributed by atoms with Crippen LogP contribution in [-0.2, 0) is 25.8 Å². The number of hydrogen-bond donors (Lipinski definition) is 3. The van der Waals surface area contributed by atoms with Gasteiger partial charge in [0.1, 0.15) is 19.0 Å².